The van der Waals surface area contributed by atoms with E-state index >= 15 is 0 Å². The zero-order valence-electron chi connectivity index (χ0n) is 11.6. The van der Waals surface area contributed by atoms with Crippen LogP contribution in [0.5, 0.6) is 11.5 Å². The predicted molar refractivity (Wildman–Crippen MR) is 73.5 cm³/mol. The Morgan fingerprint density at radius 3 is 3.05 bits per heavy atom. The molecule has 2 bridgehead atoms. The van der Waals surface area contributed by atoms with E-state index in [1.165, 1.54) is 0 Å². The first kappa shape index (κ1) is 12.0. The maximum atomic E-state index is 12.4. The average Bonchev–Trinajstić information content (AvgIpc) is 2.80. The van der Waals surface area contributed by atoms with Gasteiger partial charge in [-0.1, -0.05) is 6.07 Å². The van der Waals surface area contributed by atoms with Crippen molar-refractivity contribution >= 4 is 5.78 Å². The summed E-state index contributed by atoms with van der Waals surface area (Å²) in [6.07, 6.45) is 1.54. The molecule has 4 atom stereocenters. The number of ketones is 1. The lowest BCUT2D eigenvalue weighted by atomic mass is 9.49. The smallest absolute Gasteiger partial charge is 0.174 e. The maximum absolute atomic E-state index is 12.4. The molecular weight excluding hydrogens is 270 g/mol. The Morgan fingerprint density at radius 2 is 2.19 bits per heavy atom. The fourth-order valence-corrected chi connectivity index (χ4v) is 5.22. The molecule has 110 valence electrons. The lowest BCUT2D eigenvalue weighted by Gasteiger charge is -2.59. The Bertz CT molecular complexity index is 687. The van der Waals surface area contributed by atoms with E-state index in [1.807, 2.05) is 6.07 Å². The normalized spacial score (nSPS) is 42.4. The van der Waals surface area contributed by atoms with Gasteiger partial charge in [-0.05, 0) is 37.4 Å². The van der Waals surface area contributed by atoms with Crippen LogP contribution in [0.2, 0.25) is 0 Å². The summed E-state index contributed by atoms with van der Waals surface area (Å²) in [5.41, 5.74) is 0.332. The Kier molecular flexibility index (Phi) is 1.95. The SMILES string of the molecule is O=C1CC[C@@]2(O)C3Cc4ccc(O)c5c4[C@@]2(CCN3)C1O5. The van der Waals surface area contributed by atoms with Gasteiger partial charge in [-0.15, -0.1) is 0 Å². The number of aromatic hydroxyl groups is 1. The molecule has 2 aliphatic carbocycles. The summed E-state index contributed by atoms with van der Waals surface area (Å²) >= 11 is 0. The minimum atomic E-state index is -0.962. The monoisotopic (exact) mass is 287 g/mol. The maximum Gasteiger partial charge on any atom is 0.174 e. The zero-order valence-corrected chi connectivity index (χ0v) is 11.6. The van der Waals surface area contributed by atoms with E-state index < -0.39 is 17.1 Å². The number of aliphatic hydroxyl groups is 1. The van der Waals surface area contributed by atoms with Crippen molar-refractivity contribution in [2.45, 2.75) is 48.8 Å². The molecule has 0 aromatic heterocycles. The van der Waals surface area contributed by atoms with E-state index in [2.05, 4.69) is 5.32 Å². The van der Waals surface area contributed by atoms with Gasteiger partial charge in [-0.3, -0.25) is 4.79 Å². The van der Waals surface area contributed by atoms with Crippen LogP contribution in [0.15, 0.2) is 12.1 Å². The van der Waals surface area contributed by atoms with Gasteiger partial charge in [0.25, 0.3) is 0 Å². The molecule has 0 radical (unpaired) electrons. The lowest BCUT2D eigenvalue weighted by molar-refractivity contribution is -0.166. The second-order valence-corrected chi connectivity index (χ2v) is 6.77. The van der Waals surface area contributed by atoms with Gasteiger partial charge in [0, 0.05) is 18.0 Å². The molecule has 4 aliphatic rings. The first-order valence-electron chi connectivity index (χ1n) is 7.58. The van der Waals surface area contributed by atoms with Crippen LogP contribution in [0, 0.1) is 0 Å². The summed E-state index contributed by atoms with van der Waals surface area (Å²) in [5.74, 6) is 0.542. The molecule has 3 N–H and O–H groups in total. The number of ether oxygens (including phenoxy) is 1. The summed E-state index contributed by atoms with van der Waals surface area (Å²) in [7, 11) is 0. The number of carbonyl (C=O) groups excluding carboxylic acids is 1. The second kappa shape index (κ2) is 3.42. The lowest BCUT2D eigenvalue weighted by Crippen LogP contribution is -2.76. The summed E-state index contributed by atoms with van der Waals surface area (Å²) < 4.78 is 5.90. The van der Waals surface area contributed by atoms with E-state index in [4.69, 9.17) is 4.74 Å². The molecule has 5 heteroatoms. The minimum absolute atomic E-state index is 0.0452. The molecule has 5 nitrogen and oxygen atoms in total. The van der Waals surface area contributed by atoms with Crippen LogP contribution in [-0.2, 0) is 16.6 Å². The molecule has 1 spiro atoms. The minimum Gasteiger partial charge on any atom is -0.504 e. The Morgan fingerprint density at radius 1 is 1.33 bits per heavy atom. The van der Waals surface area contributed by atoms with Crippen LogP contribution in [0.1, 0.15) is 30.4 Å². The van der Waals surface area contributed by atoms with Crippen LogP contribution in [0.4, 0.5) is 0 Å². The fraction of sp³-hybridized carbons (Fsp3) is 0.562. The first-order chi connectivity index (χ1) is 10.1. The summed E-state index contributed by atoms with van der Waals surface area (Å²) in [6.45, 7) is 0.759. The van der Waals surface area contributed by atoms with Crippen molar-refractivity contribution < 1.29 is 19.7 Å². The zero-order chi connectivity index (χ0) is 14.4. The number of phenolic OH excluding ortho intramolecular Hbond substituents is 1. The highest BCUT2D eigenvalue weighted by molar-refractivity contribution is 5.90. The van der Waals surface area contributed by atoms with Crippen molar-refractivity contribution in [3.05, 3.63) is 23.3 Å². The molecule has 1 aromatic rings. The van der Waals surface area contributed by atoms with Gasteiger partial charge in [0.05, 0.1) is 11.0 Å². The van der Waals surface area contributed by atoms with Crippen molar-refractivity contribution in [1.82, 2.24) is 5.32 Å². The van der Waals surface area contributed by atoms with Crippen molar-refractivity contribution in [3.63, 3.8) is 0 Å². The summed E-state index contributed by atoms with van der Waals surface area (Å²) in [4.78, 5) is 12.4. The molecule has 1 saturated heterocycles. The van der Waals surface area contributed by atoms with Gasteiger partial charge in [-0.2, -0.15) is 0 Å². The van der Waals surface area contributed by atoms with Crippen LogP contribution < -0.4 is 10.1 Å². The van der Waals surface area contributed by atoms with E-state index in [1.54, 1.807) is 6.07 Å². The van der Waals surface area contributed by atoms with Gasteiger partial charge < -0.3 is 20.3 Å². The molecule has 2 unspecified atom stereocenters. The largest absolute Gasteiger partial charge is 0.504 e. The van der Waals surface area contributed by atoms with Gasteiger partial charge in [0.2, 0.25) is 0 Å². The number of carbonyl (C=O) groups is 1. The number of rotatable bonds is 0. The number of phenols is 1. The first-order valence-corrected chi connectivity index (χ1v) is 7.58. The quantitative estimate of drug-likeness (QED) is 0.644. The highest BCUT2D eigenvalue weighted by Gasteiger charge is 2.71. The van der Waals surface area contributed by atoms with Gasteiger partial charge in [0.15, 0.2) is 23.4 Å². The number of piperidine rings is 1. The van der Waals surface area contributed by atoms with E-state index in [0.29, 0.717) is 31.4 Å². The number of hydrogen-bond donors (Lipinski definition) is 3. The third-order valence-corrected chi connectivity index (χ3v) is 6.08. The third kappa shape index (κ3) is 1.09. The topological polar surface area (TPSA) is 78.8 Å². The van der Waals surface area contributed by atoms with Crippen LogP contribution in [-0.4, -0.2) is 40.3 Å². The standard InChI is InChI=1S/C16H17NO4/c18-9-2-1-8-7-11-16(20)4-3-10(19)14-15(16,5-6-17-11)12(8)13(9)21-14/h1-2,11,14,17-18,20H,3-7H2/t11?,14?,15-,16+/m0/s1. The summed E-state index contributed by atoms with van der Waals surface area (Å²) in [6, 6.07) is 3.49. The average molecular weight is 287 g/mol. The molecule has 1 aromatic carbocycles. The van der Waals surface area contributed by atoms with Crippen molar-refractivity contribution in [3.8, 4) is 11.5 Å². The molecule has 2 fully saturated rings. The summed E-state index contributed by atoms with van der Waals surface area (Å²) in [5, 5.41) is 25.0. The molecule has 0 amide bonds. The molecule has 1 saturated carbocycles. The Labute approximate surface area is 121 Å². The Hall–Kier alpha value is -1.59. The third-order valence-electron chi connectivity index (χ3n) is 6.08. The fourth-order valence-electron chi connectivity index (χ4n) is 5.22. The van der Waals surface area contributed by atoms with Gasteiger partial charge in [-0.25, -0.2) is 0 Å². The second-order valence-electron chi connectivity index (χ2n) is 6.77. The van der Waals surface area contributed by atoms with E-state index in [9.17, 15) is 15.0 Å². The van der Waals surface area contributed by atoms with Crippen molar-refractivity contribution in [2.75, 3.05) is 6.54 Å². The van der Waals surface area contributed by atoms with Gasteiger partial charge in [0.1, 0.15) is 0 Å². The number of benzene rings is 1. The molecule has 21 heavy (non-hydrogen) atoms. The predicted octanol–water partition coefficient (Wildman–Crippen LogP) is 0.403. The molecular formula is C16H17NO4. The number of hydrogen-bond acceptors (Lipinski definition) is 5. The van der Waals surface area contributed by atoms with Crippen LogP contribution >= 0.6 is 0 Å². The number of Topliss-reactive ketones (excluding diaryl/α,β-unsaturated/α-hetero) is 1. The van der Waals surface area contributed by atoms with Crippen LogP contribution in [0.25, 0.3) is 0 Å². The van der Waals surface area contributed by atoms with Crippen LogP contribution in [0.3, 0.4) is 0 Å². The Balaban J connectivity index is 1.89. The number of nitrogens with one attached hydrogen (secondary N) is 1. The highest BCUT2D eigenvalue weighted by atomic mass is 16.5. The van der Waals surface area contributed by atoms with E-state index in [-0.39, 0.29) is 17.6 Å². The van der Waals surface area contributed by atoms with Crippen molar-refractivity contribution in [2.24, 2.45) is 0 Å². The molecule has 5 rings (SSSR count). The van der Waals surface area contributed by atoms with Gasteiger partial charge >= 0.3 is 0 Å². The van der Waals surface area contributed by atoms with E-state index in [0.717, 1.165) is 17.7 Å². The molecule has 2 aliphatic heterocycles. The van der Waals surface area contributed by atoms with Crippen molar-refractivity contribution in [1.29, 1.82) is 0 Å². The molecule has 2 heterocycles. The highest BCUT2D eigenvalue weighted by Crippen LogP contribution is 2.63.